The van der Waals surface area contributed by atoms with Gasteiger partial charge in [-0.15, -0.1) is 0 Å². The number of aryl methyl sites for hydroxylation is 1. The average Bonchev–Trinajstić information content (AvgIpc) is 3.06. The molecule has 0 radical (unpaired) electrons. The lowest BCUT2D eigenvalue weighted by atomic mass is 10.1. The van der Waals surface area contributed by atoms with Gasteiger partial charge in [-0.1, -0.05) is 18.2 Å². The number of benzene rings is 1. The lowest BCUT2D eigenvalue weighted by molar-refractivity contribution is -0.434. The molecule has 0 saturated heterocycles. The highest BCUT2D eigenvalue weighted by Gasteiger charge is 2.32. The van der Waals surface area contributed by atoms with Crippen molar-refractivity contribution in [1.29, 1.82) is 0 Å². The third-order valence-corrected chi connectivity index (χ3v) is 4.81. The van der Waals surface area contributed by atoms with E-state index in [9.17, 15) is 14.5 Å². The number of nitro groups is 1. The van der Waals surface area contributed by atoms with Crippen LogP contribution >= 0.6 is 0 Å². The number of rotatable bonds is 5. The minimum absolute atomic E-state index is 0.228. The summed E-state index contributed by atoms with van der Waals surface area (Å²) < 4.78 is 21.2. The fourth-order valence-electron chi connectivity index (χ4n) is 3.40. The fourth-order valence-corrected chi connectivity index (χ4v) is 3.40. The molecule has 1 atom stereocenters. The number of nitrogens with zero attached hydrogens (tertiary/aromatic N) is 4. The number of para-hydroxylation sites is 1. The second kappa shape index (κ2) is 7.34. The molecule has 0 aliphatic heterocycles. The van der Waals surface area contributed by atoms with E-state index in [-0.39, 0.29) is 23.8 Å². The Labute approximate surface area is 165 Å². The SMILES string of the molecule is COC1=C(Nc2nccc(-c3cn(C)c4ccccc34)n2)C=C([N+](=O)[O-])C(F)C1. The predicted molar refractivity (Wildman–Crippen MR) is 106 cm³/mol. The summed E-state index contributed by atoms with van der Waals surface area (Å²) in [5.41, 5.74) is 2.43. The largest absolute Gasteiger partial charge is 0.499 e. The van der Waals surface area contributed by atoms with Gasteiger partial charge >= 0.3 is 0 Å². The van der Waals surface area contributed by atoms with E-state index in [0.717, 1.165) is 22.5 Å². The van der Waals surface area contributed by atoms with E-state index < -0.39 is 16.8 Å². The van der Waals surface area contributed by atoms with Crippen LogP contribution in [0.15, 0.2) is 66.0 Å². The zero-order chi connectivity index (χ0) is 20.5. The number of hydrogen-bond acceptors (Lipinski definition) is 6. The molecular formula is C20H18FN5O3. The minimum Gasteiger partial charge on any atom is -0.499 e. The van der Waals surface area contributed by atoms with E-state index in [2.05, 4.69) is 15.3 Å². The quantitative estimate of drug-likeness (QED) is 0.521. The van der Waals surface area contributed by atoms with Crippen molar-refractivity contribution in [3.05, 3.63) is 76.1 Å². The summed E-state index contributed by atoms with van der Waals surface area (Å²) in [5, 5.41) is 15.1. The van der Waals surface area contributed by atoms with Crippen molar-refractivity contribution < 1.29 is 14.1 Å². The van der Waals surface area contributed by atoms with Crippen molar-refractivity contribution in [2.24, 2.45) is 7.05 Å². The summed E-state index contributed by atoms with van der Waals surface area (Å²) in [4.78, 5) is 19.1. The number of alkyl halides is 1. The number of halogens is 1. The maximum absolute atomic E-state index is 14.0. The Morgan fingerprint density at radius 3 is 2.90 bits per heavy atom. The summed E-state index contributed by atoms with van der Waals surface area (Å²) >= 11 is 0. The highest BCUT2D eigenvalue weighted by Crippen LogP contribution is 2.31. The molecule has 2 aromatic heterocycles. The van der Waals surface area contributed by atoms with Crippen LogP contribution in [0.25, 0.3) is 22.2 Å². The van der Waals surface area contributed by atoms with E-state index in [4.69, 9.17) is 4.74 Å². The van der Waals surface area contributed by atoms with Crippen molar-refractivity contribution >= 4 is 16.9 Å². The van der Waals surface area contributed by atoms with Crippen molar-refractivity contribution in [1.82, 2.24) is 14.5 Å². The summed E-state index contributed by atoms with van der Waals surface area (Å²) in [5.74, 6) is 0.499. The number of anilines is 1. The first-order chi connectivity index (χ1) is 14.0. The molecule has 29 heavy (non-hydrogen) atoms. The Bertz CT molecular complexity index is 1170. The van der Waals surface area contributed by atoms with E-state index in [1.165, 1.54) is 7.11 Å². The van der Waals surface area contributed by atoms with Gasteiger partial charge in [-0.25, -0.2) is 14.4 Å². The van der Waals surface area contributed by atoms with E-state index in [1.807, 2.05) is 42.1 Å². The van der Waals surface area contributed by atoms with Crippen molar-refractivity contribution in [3.8, 4) is 11.3 Å². The first-order valence-electron chi connectivity index (χ1n) is 8.89. The Balaban J connectivity index is 1.72. The van der Waals surface area contributed by atoms with Crippen LogP contribution in [0.4, 0.5) is 10.3 Å². The standard InChI is InChI=1S/C20H18FN5O3/c1-25-11-13(12-5-3-4-6-17(12)25)15-7-8-22-20(23-15)24-16-10-18(26(27)28)14(21)9-19(16)29-2/h3-8,10-11,14H,9H2,1-2H3,(H,22,23,24). The zero-order valence-corrected chi connectivity index (χ0v) is 15.8. The van der Waals surface area contributed by atoms with Gasteiger partial charge in [0.2, 0.25) is 5.95 Å². The Hall–Kier alpha value is -3.75. The molecule has 8 nitrogen and oxygen atoms in total. The molecule has 1 N–H and O–H groups in total. The molecule has 1 unspecified atom stereocenters. The van der Waals surface area contributed by atoms with Crippen LogP contribution in [0.3, 0.4) is 0 Å². The van der Waals surface area contributed by atoms with Gasteiger partial charge < -0.3 is 14.6 Å². The Morgan fingerprint density at radius 1 is 1.34 bits per heavy atom. The number of fused-ring (bicyclic) bond motifs is 1. The number of allylic oxidation sites excluding steroid dienone is 3. The van der Waals surface area contributed by atoms with Crippen molar-refractivity contribution in [2.75, 3.05) is 12.4 Å². The second-order valence-corrected chi connectivity index (χ2v) is 6.60. The van der Waals surface area contributed by atoms with Crippen LogP contribution in [-0.2, 0) is 11.8 Å². The molecule has 1 aliphatic rings. The van der Waals surface area contributed by atoms with E-state index in [1.54, 1.807) is 12.3 Å². The van der Waals surface area contributed by atoms with Gasteiger partial charge in [0.15, 0.2) is 6.17 Å². The van der Waals surface area contributed by atoms with Crippen molar-refractivity contribution in [2.45, 2.75) is 12.6 Å². The van der Waals surface area contributed by atoms with Crippen LogP contribution < -0.4 is 5.32 Å². The summed E-state index contributed by atoms with van der Waals surface area (Å²) in [6.07, 6.45) is 2.75. The number of aromatic nitrogens is 3. The van der Waals surface area contributed by atoms with Gasteiger partial charge in [-0.2, -0.15) is 0 Å². The first-order valence-corrected chi connectivity index (χ1v) is 8.89. The van der Waals surface area contributed by atoms with Gasteiger partial charge in [-0.05, 0) is 12.1 Å². The highest BCUT2D eigenvalue weighted by molar-refractivity contribution is 5.95. The molecule has 4 rings (SSSR count). The van der Waals surface area contributed by atoms with Gasteiger partial charge in [-0.3, -0.25) is 10.1 Å². The monoisotopic (exact) mass is 395 g/mol. The van der Waals surface area contributed by atoms with Crippen molar-refractivity contribution in [3.63, 3.8) is 0 Å². The molecule has 148 valence electrons. The Morgan fingerprint density at radius 2 is 2.14 bits per heavy atom. The molecule has 1 aromatic carbocycles. The molecule has 0 amide bonds. The van der Waals surface area contributed by atoms with Gasteiger partial charge in [0.25, 0.3) is 5.70 Å². The molecule has 0 saturated carbocycles. The van der Waals surface area contributed by atoms with E-state index >= 15 is 0 Å². The smallest absolute Gasteiger partial charge is 0.282 e. The summed E-state index contributed by atoms with van der Waals surface area (Å²) in [6, 6.07) is 9.75. The van der Waals surface area contributed by atoms with E-state index in [0.29, 0.717) is 5.69 Å². The van der Waals surface area contributed by atoms with Gasteiger partial charge in [0, 0.05) is 48.4 Å². The summed E-state index contributed by atoms with van der Waals surface area (Å²) in [7, 11) is 3.35. The molecular weight excluding hydrogens is 377 g/mol. The van der Waals surface area contributed by atoms with Crippen LogP contribution in [0.1, 0.15) is 6.42 Å². The minimum atomic E-state index is -1.73. The molecule has 2 heterocycles. The first kappa shape index (κ1) is 18.6. The summed E-state index contributed by atoms with van der Waals surface area (Å²) in [6.45, 7) is 0. The van der Waals surface area contributed by atoms with Crippen LogP contribution in [-0.4, -0.2) is 32.7 Å². The molecule has 3 aromatic rings. The Kier molecular flexibility index (Phi) is 4.71. The molecule has 0 bridgehead atoms. The van der Waals surface area contributed by atoms with Crippen LogP contribution in [0.2, 0.25) is 0 Å². The second-order valence-electron chi connectivity index (χ2n) is 6.60. The molecule has 0 spiro atoms. The lowest BCUT2D eigenvalue weighted by Crippen LogP contribution is -2.21. The molecule has 9 heteroatoms. The van der Waals surface area contributed by atoms with Gasteiger partial charge in [0.1, 0.15) is 5.76 Å². The predicted octanol–water partition coefficient (Wildman–Crippen LogP) is 3.81. The topological polar surface area (TPSA) is 95.1 Å². The highest BCUT2D eigenvalue weighted by atomic mass is 19.1. The van der Waals surface area contributed by atoms with Gasteiger partial charge in [0.05, 0.1) is 23.4 Å². The number of nitrogens with one attached hydrogen (secondary N) is 1. The van der Waals surface area contributed by atoms with Crippen LogP contribution in [0.5, 0.6) is 0 Å². The number of methoxy groups -OCH3 is 1. The number of ether oxygens (including phenoxy) is 1. The molecule has 1 aliphatic carbocycles. The number of hydrogen-bond donors (Lipinski definition) is 1. The third kappa shape index (κ3) is 3.42. The molecule has 0 fully saturated rings. The maximum atomic E-state index is 14.0. The fraction of sp³-hybridized carbons (Fsp3) is 0.200. The average molecular weight is 395 g/mol. The lowest BCUT2D eigenvalue weighted by Gasteiger charge is -2.18. The normalized spacial score (nSPS) is 16.7. The van der Waals surface area contributed by atoms with Crippen LogP contribution in [0, 0.1) is 10.1 Å². The third-order valence-electron chi connectivity index (χ3n) is 4.81. The zero-order valence-electron chi connectivity index (χ0n) is 15.8. The maximum Gasteiger partial charge on any atom is 0.282 e.